The molecule has 0 bridgehead atoms. The normalized spacial score (nSPS) is 16.8. The Morgan fingerprint density at radius 2 is 1.76 bits per heavy atom. The van der Waals surface area contributed by atoms with Crippen LogP contribution in [-0.4, -0.2) is 82.9 Å². The molecule has 1 unspecified atom stereocenters. The monoisotopic (exact) mass is 654 g/mol. The van der Waals surface area contributed by atoms with Crippen LogP contribution in [0.15, 0.2) is 70.8 Å². The van der Waals surface area contributed by atoms with Crippen molar-refractivity contribution in [1.29, 1.82) is 0 Å². The van der Waals surface area contributed by atoms with E-state index in [1.54, 1.807) is 17.5 Å². The number of thiophene rings is 1. The smallest absolute Gasteiger partial charge is 0.309 e. The summed E-state index contributed by atoms with van der Waals surface area (Å²) in [5.74, 6) is -1.83. The Labute approximate surface area is 265 Å². The number of fused-ring (bicyclic) bond motifs is 1. The zero-order valence-electron chi connectivity index (χ0n) is 24.9. The van der Waals surface area contributed by atoms with Crippen molar-refractivity contribution >= 4 is 44.9 Å². The molecule has 0 aliphatic carbocycles. The number of ether oxygens (including phenoxy) is 2. The van der Waals surface area contributed by atoms with Crippen molar-refractivity contribution in [3.05, 3.63) is 83.3 Å². The number of hydrogen-bond donors (Lipinski definition) is 1. The molecule has 2 N–H and O–H groups in total. The highest BCUT2D eigenvalue weighted by molar-refractivity contribution is 7.89. The van der Waals surface area contributed by atoms with Gasteiger partial charge in [0.15, 0.2) is 17.2 Å². The standard InChI is InChI=1S/C31H34N4O8S2/c1-4-14-33-15-17-34(18-16-33)23-8-5-7-22-28(23)30(38)35(29(22)37)31(13-12-26(32)36,43-45(39,40)27-9-6-19-44-27)21-10-11-24(41-2)25(20-21)42-3/h4-11,19-20H,1,12-18H2,2-3H3,(H2,32,36). The van der Waals surface area contributed by atoms with Crippen molar-refractivity contribution in [2.75, 3.05) is 51.8 Å². The number of nitrogens with two attached hydrogens (primary N) is 1. The maximum absolute atomic E-state index is 14.6. The summed E-state index contributed by atoms with van der Waals surface area (Å²) in [6.45, 7) is 7.16. The first-order valence-corrected chi connectivity index (χ1v) is 16.4. The average molecular weight is 655 g/mol. The second kappa shape index (κ2) is 13.0. The van der Waals surface area contributed by atoms with Gasteiger partial charge in [0.05, 0.1) is 31.0 Å². The molecule has 2 aliphatic rings. The molecule has 1 saturated heterocycles. The van der Waals surface area contributed by atoms with Crippen LogP contribution in [0.5, 0.6) is 11.5 Å². The molecule has 1 atom stereocenters. The van der Waals surface area contributed by atoms with E-state index in [9.17, 15) is 22.8 Å². The van der Waals surface area contributed by atoms with Crippen molar-refractivity contribution in [3.8, 4) is 11.5 Å². The number of anilines is 1. The molecule has 14 heteroatoms. The molecule has 12 nitrogen and oxygen atoms in total. The molecule has 1 aromatic heterocycles. The molecule has 3 heterocycles. The Bertz CT molecular complexity index is 1720. The second-order valence-electron chi connectivity index (χ2n) is 10.5. The quantitative estimate of drug-likeness (QED) is 0.166. The predicted molar refractivity (Wildman–Crippen MR) is 168 cm³/mol. The highest BCUT2D eigenvalue weighted by atomic mass is 32.3. The summed E-state index contributed by atoms with van der Waals surface area (Å²) in [7, 11) is -1.78. The minimum atomic E-state index is -4.60. The van der Waals surface area contributed by atoms with Gasteiger partial charge in [0.2, 0.25) is 5.91 Å². The molecule has 3 aromatic rings. The summed E-state index contributed by atoms with van der Waals surface area (Å²) in [5, 5.41) is 1.56. The number of rotatable bonds is 13. The minimum Gasteiger partial charge on any atom is -0.493 e. The molecule has 238 valence electrons. The summed E-state index contributed by atoms with van der Waals surface area (Å²) in [6.07, 6.45) is 0.962. The number of nitrogens with zero attached hydrogens (tertiary/aromatic N) is 3. The first-order chi connectivity index (χ1) is 21.6. The Morgan fingerprint density at radius 1 is 1.02 bits per heavy atom. The third kappa shape index (κ3) is 6.06. The molecular weight excluding hydrogens is 620 g/mol. The molecular formula is C31H34N4O8S2. The lowest BCUT2D eigenvalue weighted by molar-refractivity contribution is -0.121. The first-order valence-electron chi connectivity index (χ1n) is 14.2. The maximum Gasteiger partial charge on any atom is 0.309 e. The highest BCUT2D eigenvalue weighted by Gasteiger charge is 2.55. The van der Waals surface area contributed by atoms with Gasteiger partial charge in [-0.15, -0.1) is 17.9 Å². The number of carbonyl (C=O) groups is 3. The first kappa shape index (κ1) is 32.2. The molecule has 1 fully saturated rings. The van der Waals surface area contributed by atoms with Gasteiger partial charge in [-0.1, -0.05) is 24.3 Å². The summed E-state index contributed by atoms with van der Waals surface area (Å²) in [6, 6.07) is 12.2. The van der Waals surface area contributed by atoms with Crippen LogP contribution in [-0.2, 0) is 24.8 Å². The zero-order valence-corrected chi connectivity index (χ0v) is 26.6. The maximum atomic E-state index is 14.6. The molecule has 3 amide bonds. The number of carbonyl (C=O) groups excluding carboxylic acids is 3. The summed E-state index contributed by atoms with van der Waals surface area (Å²) >= 11 is 0.906. The van der Waals surface area contributed by atoms with E-state index in [0.717, 1.165) is 35.9 Å². The fourth-order valence-corrected chi connectivity index (χ4v) is 7.86. The second-order valence-corrected chi connectivity index (χ2v) is 13.2. The van der Waals surface area contributed by atoms with Gasteiger partial charge in [-0.2, -0.15) is 8.42 Å². The molecule has 0 spiro atoms. The van der Waals surface area contributed by atoms with Gasteiger partial charge in [-0.05, 0) is 35.7 Å². The van der Waals surface area contributed by atoms with Crippen LogP contribution in [0, 0.1) is 0 Å². The van der Waals surface area contributed by atoms with E-state index in [4.69, 9.17) is 19.4 Å². The van der Waals surface area contributed by atoms with Crippen LogP contribution in [0.4, 0.5) is 5.69 Å². The van der Waals surface area contributed by atoms with Gasteiger partial charge in [-0.25, -0.2) is 9.08 Å². The van der Waals surface area contributed by atoms with E-state index in [1.165, 1.54) is 50.6 Å². The van der Waals surface area contributed by atoms with Crippen molar-refractivity contribution in [1.82, 2.24) is 9.80 Å². The fraction of sp³-hybridized carbons (Fsp3) is 0.323. The summed E-state index contributed by atoms with van der Waals surface area (Å²) in [5.41, 5.74) is 4.05. The summed E-state index contributed by atoms with van der Waals surface area (Å²) < 4.78 is 44.3. The molecule has 5 rings (SSSR count). The van der Waals surface area contributed by atoms with Gasteiger partial charge < -0.3 is 20.1 Å². The van der Waals surface area contributed by atoms with E-state index in [1.807, 2.05) is 11.0 Å². The van der Waals surface area contributed by atoms with E-state index in [0.29, 0.717) is 24.5 Å². The van der Waals surface area contributed by atoms with E-state index in [2.05, 4.69) is 11.5 Å². The largest absolute Gasteiger partial charge is 0.493 e. The van der Waals surface area contributed by atoms with Gasteiger partial charge in [0.1, 0.15) is 4.21 Å². The minimum absolute atomic E-state index is 0.0654. The topological polar surface area (TPSA) is 149 Å². The predicted octanol–water partition coefficient (Wildman–Crippen LogP) is 3.19. The fourth-order valence-electron chi connectivity index (χ4n) is 5.73. The molecule has 2 aromatic carbocycles. The van der Waals surface area contributed by atoms with Crippen molar-refractivity contribution in [3.63, 3.8) is 0 Å². The average Bonchev–Trinajstić information content (AvgIpc) is 3.67. The van der Waals surface area contributed by atoms with Gasteiger partial charge in [0, 0.05) is 51.1 Å². The Hall–Kier alpha value is -4.24. The highest BCUT2D eigenvalue weighted by Crippen LogP contribution is 2.46. The number of imide groups is 1. The molecule has 2 aliphatic heterocycles. The zero-order chi connectivity index (χ0) is 32.4. The Morgan fingerprint density at radius 3 is 2.38 bits per heavy atom. The van der Waals surface area contributed by atoms with Crippen molar-refractivity contribution in [2.45, 2.75) is 22.8 Å². The van der Waals surface area contributed by atoms with Crippen LogP contribution < -0.4 is 20.1 Å². The lowest BCUT2D eigenvalue weighted by Crippen LogP contribution is -2.53. The number of benzene rings is 2. The Kier molecular flexibility index (Phi) is 9.30. The Balaban J connectivity index is 1.68. The van der Waals surface area contributed by atoms with Crippen molar-refractivity contribution < 1.29 is 36.5 Å². The number of primary amides is 1. The number of hydrogen-bond acceptors (Lipinski definition) is 11. The van der Waals surface area contributed by atoms with E-state index in [-0.39, 0.29) is 26.6 Å². The molecule has 0 radical (unpaired) electrons. The molecule has 45 heavy (non-hydrogen) atoms. The van der Waals surface area contributed by atoms with E-state index < -0.39 is 46.4 Å². The van der Waals surface area contributed by atoms with Crippen LogP contribution in [0.2, 0.25) is 0 Å². The lowest BCUT2D eigenvalue weighted by Gasteiger charge is -2.40. The third-order valence-electron chi connectivity index (χ3n) is 7.89. The number of piperazine rings is 1. The third-order valence-corrected chi connectivity index (χ3v) is 10.6. The SMILES string of the molecule is C=CCN1CCN(c2cccc3c2C(=O)N(C(CCC(N)=O)(OS(=O)(=O)c2cccs2)c2ccc(OC)c(OC)c2)C3=O)CC1. The summed E-state index contributed by atoms with van der Waals surface area (Å²) in [4.78, 5) is 46.1. The van der Waals surface area contributed by atoms with Crippen LogP contribution in [0.3, 0.4) is 0 Å². The van der Waals surface area contributed by atoms with Crippen LogP contribution in [0.1, 0.15) is 39.1 Å². The van der Waals surface area contributed by atoms with Crippen LogP contribution in [0.25, 0.3) is 0 Å². The number of methoxy groups -OCH3 is 2. The van der Waals surface area contributed by atoms with Crippen LogP contribution >= 0.6 is 11.3 Å². The van der Waals surface area contributed by atoms with Gasteiger partial charge in [-0.3, -0.25) is 19.3 Å². The van der Waals surface area contributed by atoms with Gasteiger partial charge in [0.25, 0.3) is 11.8 Å². The number of amides is 3. The van der Waals surface area contributed by atoms with Crippen molar-refractivity contribution in [2.24, 2.45) is 5.73 Å². The molecule has 0 saturated carbocycles. The lowest BCUT2D eigenvalue weighted by atomic mass is 9.94. The van der Waals surface area contributed by atoms with Gasteiger partial charge >= 0.3 is 10.1 Å². The van der Waals surface area contributed by atoms with E-state index >= 15 is 0 Å².